The average molecular weight is 344 g/mol. The van der Waals surface area contributed by atoms with Crippen LogP contribution in [0, 0.1) is 0 Å². The quantitative estimate of drug-likeness (QED) is 0.742. The van der Waals surface area contributed by atoms with Gasteiger partial charge in [-0.3, -0.25) is 4.79 Å². The molecule has 0 aliphatic rings. The normalized spacial score (nSPS) is 10.3. The fraction of sp³-hybridized carbons (Fsp3) is 0. The molecule has 0 aromatic carbocycles. The van der Waals surface area contributed by atoms with Crippen molar-refractivity contribution in [1.29, 1.82) is 0 Å². The minimum absolute atomic E-state index is 0.237. The van der Waals surface area contributed by atoms with Crippen LogP contribution in [0.15, 0.2) is 59.7 Å². The number of aromatic nitrogens is 4. The van der Waals surface area contributed by atoms with Crippen molar-refractivity contribution in [2.24, 2.45) is 0 Å². The summed E-state index contributed by atoms with van der Waals surface area (Å²) < 4.78 is 2.20. The Kier molecular flexibility index (Phi) is 3.74. The van der Waals surface area contributed by atoms with Gasteiger partial charge in [-0.25, -0.2) is 14.6 Å². The largest absolute Gasteiger partial charge is 0.319 e. The highest BCUT2D eigenvalue weighted by molar-refractivity contribution is 9.10. The lowest BCUT2D eigenvalue weighted by molar-refractivity contribution is 0.102. The minimum atomic E-state index is -0.237. The monoisotopic (exact) mass is 343 g/mol. The second-order valence-electron chi connectivity index (χ2n) is 4.15. The molecule has 0 atom stereocenters. The molecule has 0 spiro atoms. The average Bonchev–Trinajstić information content (AvgIpc) is 3.02. The van der Waals surface area contributed by atoms with Crippen molar-refractivity contribution >= 4 is 27.5 Å². The molecule has 6 nitrogen and oxygen atoms in total. The fourth-order valence-corrected chi connectivity index (χ4v) is 2.17. The van der Waals surface area contributed by atoms with Gasteiger partial charge in [0.05, 0.1) is 5.69 Å². The SMILES string of the molecule is O=C(Nc1cccnc1-n1cccn1)c1ccnc(Br)c1. The van der Waals surface area contributed by atoms with Gasteiger partial charge in [0.25, 0.3) is 5.91 Å². The number of anilines is 1. The van der Waals surface area contributed by atoms with Crippen molar-refractivity contribution in [3.8, 4) is 5.82 Å². The molecule has 1 N–H and O–H groups in total. The Balaban J connectivity index is 1.90. The van der Waals surface area contributed by atoms with Crippen LogP contribution in [0.4, 0.5) is 5.69 Å². The Morgan fingerprint density at radius 3 is 2.81 bits per heavy atom. The van der Waals surface area contributed by atoms with Crippen LogP contribution in [-0.4, -0.2) is 25.7 Å². The molecular formula is C14H10BrN5O. The number of nitrogens with one attached hydrogen (secondary N) is 1. The van der Waals surface area contributed by atoms with E-state index in [1.165, 1.54) is 0 Å². The molecule has 3 aromatic heterocycles. The molecule has 0 fully saturated rings. The first-order chi connectivity index (χ1) is 10.2. The van der Waals surface area contributed by atoms with Crippen LogP contribution in [-0.2, 0) is 0 Å². The number of rotatable bonds is 3. The van der Waals surface area contributed by atoms with Crippen molar-refractivity contribution in [2.75, 3.05) is 5.32 Å². The van der Waals surface area contributed by atoms with E-state index >= 15 is 0 Å². The molecule has 3 aromatic rings. The second kappa shape index (κ2) is 5.84. The molecule has 7 heteroatoms. The van der Waals surface area contributed by atoms with E-state index in [4.69, 9.17) is 0 Å². The summed E-state index contributed by atoms with van der Waals surface area (Å²) in [5.74, 6) is 0.323. The smallest absolute Gasteiger partial charge is 0.255 e. The zero-order chi connectivity index (χ0) is 14.7. The molecular weight excluding hydrogens is 334 g/mol. The zero-order valence-corrected chi connectivity index (χ0v) is 12.4. The highest BCUT2D eigenvalue weighted by atomic mass is 79.9. The van der Waals surface area contributed by atoms with Crippen LogP contribution in [0.5, 0.6) is 0 Å². The standard InChI is InChI=1S/C14H10BrN5O/c15-12-9-10(4-7-16-12)14(21)19-11-3-1-5-17-13(11)20-8-2-6-18-20/h1-9H,(H,19,21). The van der Waals surface area contributed by atoms with Crippen LogP contribution in [0.3, 0.4) is 0 Å². The number of hydrogen-bond acceptors (Lipinski definition) is 4. The molecule has 21 heavy (non-hydrogen) atoms. The van der Waals surface area contributed by atoms with E-state index in [0.29, 0.717) is 21.7 Å². The van der Waals surface area contributed by atoms with Crippen molar-refractivity contribution in [3.63, 3.8) is 0 Å². The lowest BCUT2D eigenvalue weighted by Crippen LogP contribution is -2.14. The van der Waals surface area contributed by atoms with Gasteiger partial charge in [-0.15, -0.1) is 0 Å². The summed E-state index contributed by atoms with van der Waals surface area (Å²) in [6.45, 7) is 0. The van der Waals surface area contributed by atoms with E-state index in [1.807, 2.05) is 0 Å². The molecule has 104 valence electrons. The molecule has 0 aliphatic heterocycles. The maximum absolute atomic E-state index is 12.3. The summed E-state index contributed by atoms with van der Waals surface area (Å²) in [6, 6.07) is 8.62. The van der Waals surface area contributed by atoms with Gasteiger partial charge in [-0.1, -0.05) is 0 Å². The molecule has 3 heterocycles. The molecule has 3 rings (SSSR count). The Labute approximate surface area is 129 Å². The van der Waals surface area contributed by atoms with E-state index in [2.05, 4.69) is 36.3 Å². The minimum Gasteiger partial charge on any atom is -0.319 e. The van der Waals surface area contributed by atoms with Crippen LogP contribution in [0.25, 0.3) is 5.82 Å². The van der Waals surface area contributed by atoms with Crippen molar-refractivity contribution in [2.45, 2.75) is 0 Å². The van der Waals surface area contributed by atoms with Crippen LogP contribution in [0.1, 0.15) is 10.4 Å². The third-order valence-corrected chi connectivity index (χ3v) is 3.18. The Morgan fingerprint density at radius 2 is 2.05 bits per heavy atom. The Bertz CT molecular complexity index is 773. The zero-order valence-electron chi connectivity index (χ0n) is 10.8. The van der Waals surface area contributed by atoms with E-state index in [1.54, 1.807) is 59.8 Å². The first-order valence-electron chi connectivity index (χ1n) is 6.12. The third-order valence-electron chi connectivity index (χ3n) is 2.75. The maximum atomic E-state index is 12.3. The first-order valence-corrected chi connectivity index (χ1v) is 6.91. The van der Waals surface area contributed by atoms with Crippen LogP contribution < -0.4 is 5.32 Å². The fourth-order valence-electron chi connectivity index (χ4n) is 1.81. The number of hydrogen-bond donors (Lipinski definition) is 1. The van der Waals surface area contributed by atoms with E-state index < -0.39 is 0 Å². The van der Waals surface area contributed by atoms with Gasteiger partial charge in [0.1, 0.15) is 4.60 Å². The number of nitrogens with zero attached hydrogens (tertiary/aromatic N) is 4. The van der Waals surface area contributed by atoms with Gasteiger partial charge in [-0.05, 0) is 46.3 Å². The summed E-state index contributed by atoms with van der Waals surface area (Å²) >= 11 is 3.24. The van der Waals surface area contributed by atoms with Crippen molar-refractivity contribution in [3.05, 3.63) is 65.3 Å². The molecule has 0 saturated carbocycles. The number of carbonyl (C=O) groups is 1. The number of carbonyl (C=O) groups excluding carboxylic acids is 1. The van der Waals surface area contributed by atoms with E-state index in [9.17, 15) is 4.79 Å². The summed E-state index contributed by atoms with van der Waals surface area (Å²) in [6.07, 6.45) is 6.63. The van der Waals surface area contributed by atoms with Crippen LogP contribution in [0.2, 0.25) is 0 Å². The maximum Gasteiger partial charge on any atom is 0.255 e. The highest BCUT2D eigenvalue weighted by Crippen LogP contribution is 2.17. The van der Waals surface area contributed by atoms with Crippen LogP contribution >= 0.6 is 15.9 Å². The predicted octanol–water partition coefficient (Wildman–Crippen LogP) is 2.68. The Hall–Kier alpha value is -2.54. The molecule has 0 radical (unpaired) electrons. The number of pyridine rings is 2. The number of amides is 1. The summed E-state index contributed by atoms with van der Waals surface area (Å²) in [5, 5.41) is 6.96. The van der Waals surface area contributed by atoms with Crippen molar-refractivity contribution in [1.82, 2.24) is 19.7 Å². The first kappa shape index (κ1) is 13.4. The molecule has 0 bridgehead atoms. The molecule has 0 saturated heterocycles. The topological polar surface area (TPSA) is 72.7 Å². The number of halogens is 1. The lowest BCUT2D eigenvalue weighted by atomic mass is 10.2. The predicted molar refractivity (Wildman–Crippen MR) is 81.2 cm³/mol. The molecule has 1 amide bonds. The third kappa shape index (κ3) is 2.97. The van der Waals surface area contributed by atoms with Gasteiger partial charge in [-0.2, -0.15) is 5.10 Å². The highest BCUT2D eigenvalue weighted by Gasteiger charge is 2.11. The summed E-state index contributed by atoms with van der Waals surface area (Å²) in [5.41, 5.74) is 1.09. The summed E-state index contributed by atoms with van der Waals surface area (Å²) in [7, 11) is 0. The van der Waals surface area contributed by atoms with Gasteiger partial charge in [0.15, 0.2) is 5.82 Å². The second-order valence-corrected chi connectivity index (χ2v) is 4.96. The van der Waals surface area contributed by atoms with Gasteiger partial charge in [0, 0.05) is 30.4 Å². The van der Waals surface area contributed by atoms with E-state index in [-0.39, 0.29) is 5.91 Å². The van der Waals surface area contributed by atoms with Gasteiger partial charge in [0.2, 0.25) is 0 Å². The van der Waals surface area contributed by atoms with Gasteiger partial charge < -0.3 is 5.32 Å². The molecule has 0 unspecified atom stereocenters. The van der Waals surface area contributed by atoms with E-state index in [0.717, 1.165) is 0 Å². The van der Waals surface area contributed by atoms with Crippen molar-refractivity contribution < 1.29 is 4.79 Å². The van der Waals surface area contributed by atoms with Gasteiger partial charge >= 0.3 is 0 Å². The lowest BCUT2D eigenvalue weighted by Gasteiger charge is -2.10. The summed E-state index contributed by atoms with van der Waals surface area (Å²) in [4.78, 5) is 20.5. The Morgan fingerprint density at radius 1 is 1.14 bits per heavy atom. The molecule has 0 aliphatic carbocycles.